The van der Waals surface area contributed by atoms with Crippen LogP contribution in [0.4, 0.5) is 0 Å². The minimum atomic E-state index is -0.0172. The number of nitrogens with zero attached hydrogens (tertiary/aromatic N) is 1. The lowest BCUT2D eigenvalue weighted by atomic mass is 9.84. The standard InChI is InChI=1S/C28H26N2O3/c1-2-27(31)30-14-12-19(13-15-30)21-16-24(26-18-29-28(32)25(26)17-21)20-8-10-23(11-9-20)33-22-6-4-3-5-7-22/h2-11,16-17,19H,1,12-15,18H2,(H,29,32). The van der Waals surface area contributed by atoms with Gasteiger partial charge in [0.1, 0.15) is 11.5 Å². The molecule has 0 spiro atoms. The first-order valence-electron chi connectivity index (χ1n) is 11.3. The highest BCUT2D eigenvalue weighted by Crippen LogP contribution is 2.37. The minimum absolute atomic E-state index is 0.0136. The number of carbonyl (C=O) groups excluding carboxylic acids is 2. The van der Waals surface area contributed by atoms with Crippen LogP contribution in [0.3, 0.4) is 0 Å². The van der Waals surface area contributed by atoms with Crippen LogP contribution in [0.15, 0.2) is 79.4 Å². The Bertz CT molecular complexity index is 1190. The van der Waals surface area contributed by atoms with Crippen LogP contribution in [0.5, 0.6) is 11.5 Å². The van der Waals surface area contributed by atoms with Crippen molar-refractivity contribution in [3.8, 4) is 22.6 Å². The van der Waals surface area contributed by atoms with Crippen molar-refractivity contribution in [2.45, 2.75) is 25.3 Å². The maximum atomic E-state index is 12.5. The van der Waals surface area contributed by atoms with E-state index in [0.717, 1.165) is 52.2 Å². The molecule has 0 bridgehead atoms. The molecule has 2 aliphatic heterocycles. The van der Waals surface area contributed by atoms with E-state index in [4.69, 9.17) is 4.74 Å². The summed E-state index contributed by atoms with van der Waals surface area (Å²) in [6.45, 7) is 5.55. The number of likely N-dealkylation sites (tertiary alicyclic amines) is 1. The second-order valence-corrected chi connectivity index (χ2v) is 8.52. The number of ether oxygens (including phenoxy) is 1. The molecule has 33 heavy (non-hydrogen) atoms. The second-order valence-electron chi connectivity index (χ2n) is 8.52. The number of benzene rings is 3. The van der Waals surface area contributed by atoms with Gasteiger partial charge in [0.05, 0.1) is 0 Å². The van der Waals surface area contributed by atoms with Gasteiger partial charge in [-0.1, -0.05) is 43.0 Å². The van der Waals surface area contributed by atoms with E-state index in [0.29, 0.717) is 25.6 Å². The summed E-state index contributed by atoms with van der Waals surface area (Å²) in [6, 6.07) is 22.0. The molecule has 0 aliphatic carbocycles. The first kappa shape index (κ1) is 21.0. The topological polar surface area (TPSA) is 58.6 Å². The SMILES string of the molecule is C=CC(=O)N1CCC(c2cc3c(c(-c4ccc(Oc5ccccc5)cc4)c2)CNC3=O)CC1. The van der Waals surface area contributed by atoms with Crippen LogP contribution in [0.1, 0.15) is 40.2 Å². The molecule has 2 heterocycles. The van der Waals surface area contributed by atoms with Crippen molar-refractivity contribution in [1.29, 1.82) is 0 Å². The minimum Gasteiger partial charge on any atom is -0.457 e. The lowest BCUT2D eigenvalue weighted by Crippen LogP contribution is -2.36. The average molecular weight is 439 g/mol. The zero-order valence-electron chi connectivity index (χ0n) is 18.4. The Labute approximate surface area is 193 Å². The Morgan fingerprint density at radius 3 is 2.33 bits per heavy atom. The van der Waals surface area contributed by atoms with E-state index >= 15 is 0 Å². The first-order valence-corrected chi connectivity index (χ1v) is 11.3. The fraction of sp³-hybridized carbons (Fsp3) is 0.214. The van der Waals surface area contributed by atoms with E-state index in [2.05, 4.69) is 18.0 Å². The van der Waals surface area contributed by atoms with Gasteiger partial charge < -0.3 is 15.0 Å². The molecule has 0 aromatic heterocycles. The Morgan fingerprint density at radius 2 is 1.64 bits per heavy atom. The van der Waals surface area contributed by atoms with Gasteiger partial charge in [0.15, 0.2) is 0 Å². The van der Waals surface area contributed by atoms with Crippen LogP contribution in [-0.4, -0.2) is 29.8 Å². The van der Waals surface area contributed by atoms with Crippen molar-refractivity contribution in [2.24, 2.45) is 0 Å². The Morgan fingerprint density at radius 1 is 0.970 bits per heavy atom. The largest absolute Gasteiger partial charge is 0.457 e. The van der Waals surface area contributed by atoms with Crippen molar-refractivity contribution < 1.29 is 14.3 Å². The van der Waals surface area contributed by atoms with Crippen LogP contribution in [0.2, 0.25) is 0 Å². The first-order chi connectivity index (χ1) is 16.1. The van der Waals surface area contributed by atoms with Crippen molar-refractivity contribution >= 4 is 11.8 Å². The lowest BCUT2D eigenvalue weighted by Gasteiger charge is -2.32. The summed E-state index contributed by atoms with van der Waals surface area (Å²) < 4.78 is 5.93. The molecule has 1 N–H and O–H groups in total. The van der Waals surface area contributed by atoms with Gasteiger partial charge >= 0.3 is 0 Å². The zero-order chi connectivity index (χ0) is 22.8. The van der Waals surface area contributed by atoms with E-state index in [1.807, 2.05) is 65.6 Å². The number of piperidine rings is 1. The highest BCUT2D eigenvalue weighted by atomic mass is 16.5. The molecule has 0 atom stereocenters. The van der Waals surface area contributed by atoms with Gasteiger partial charge in [-0.2, -0.15) is 0 Å². The Balaban J connectivity index is 1.42. The number of carbonyl (C=O) groups is 2. The predicted octanol–water partition coefficient (Wildman–Crippen LogP) is 5.28. The van der Waals surface area contributed by atoms with E-state index in [-0.39, 0.29) is 11.8 Å². The van der Waals surface area contributed by atoms with Crippen molar-refractivity contribution in [2.75, 3.05) is 13.1 Å². The molecule has 0 unspecified atom stereocenters. The molecule has 5 heteroatoms. The van der Waals surface area contributed by atoms with Crippen LogP contribution in [0.25, 0.3) is 11.1 Å². The van der Waals surface area contributed by atoms with Gasteiger partial charge in [-0.3, -0.25) is 9.59 Å². The number of para-hydroxylation sites is 1. The summed E-state index contributed by atoms with van der Waals surface area (Å²) in [4.78, 5) is 26.3. The quantitative estimate of drug-likeness (QED) is 0.551. The molecular formula is C28H26N2O3. The maximum Gasteiger partial charge on any atom is 0.251 e. The number of fused-ring (bicyclic) bond motifs is 1. The summed E-state index contributed by atoms with van der Waals surface area (Å²) in [5, 5.41) is 2.97. The predicted molar refractivity (Wildman–Crippen MR) is 128 cm³/mol. The fourth-order valence-electron chi connectivity index (χ4n) is 4.73. The van der Waals surface area contributed by atoms with Crippen molar-refractivity contribution in [1.82, 2.24) is 10.2 Å². The Kier molecular flexibility index (Phi) is 5.69. The molecule has 2 amide bonds. The lowest BCUT2D eigenvalue weighted by molar-refractivity contribution is -0.127. The number of amides is 2. The molecule has 0 radical (unpaired) electrons. The van der Waals surface area contributed by atoms with Gasteiger partial charge in [0.2, 0.25) is 5.91 Å². The summed E-state index contributed by atoms with van der Waals surface area (Å²) in [5.74, 6) is 1.85. The normalized spacial score (nSPS) is 15.6. The van der Waals surface area contributed by atoms with E-state index in [1.165, 1.54) is 6.08 Å². The smallest absolute Gasteiger partial charge is 0.251 e. The highest BCUT2D eigenvalue weighted by Gasteiger charge is 2.28. The zero-order valence-corrected chi connectivity index (χ0v) is 18.4. The van der Waals surface area contributed by atoms with E-state index in [1.54, 1.807) is 0 Å². The molecule has 5 rings (SSSR count). The van der Waals surface area contributed by atoms with Crippen molar-refractivity contribution in [3.05, 3.63) is 96.1 Å². The third-order valence-corrected chi connectivity index (χ3v) is 6.54. The molecule has 3 aromatic rings. The van der Waals surface area contributed by atoms with Crippen LogP contribution < -0.4 is 10.1 Å². The second kappa shape index (κ2) is 8.94. The molecule has 5 nitrogen and oxygen atoms in total. The maximum absolute atomic E-state index is 12.5. The highest BCUT2D eigenvalue weighted by molar-refractivity contribution is 6.01. The molecular weight excluding hydrogens is 412 g/mol. The van der Waals surface area contributed by atoms with Gasteiger partial charge in [-0.15, -0.1) is 0 Å². The molecule has 1 saturated heterocycles. The van der Waals surface area contributed by atoms with Crippen LogP contribution in [0, 0.1) is 0 Å². The number of nitrogens with one attached hydrogen (secondary N) is 1. The fourth-order valence-corrected chi connectivity index (χ4v) is 4.73. The number of hydrogen-bond acceptors (Lipinski definition) is 3. The van der Waals surface area contributed by atoms with Crippen LogP contribution in [-0.2, 0) is 11.3 Å². The molecule has 3 aromatic carbocycles. The van der Waals surface area contributed by atoms with Gasteiger partial charge in [0, 0.05) is 25.2 Å². The van der Waals surface area contributed by atoms with Gasteiger partial charge in [-0.25, -0.2) is 0 Å². The average Bonchev–Trinajstić information content (AvgIpc) is 3.25. The molecule has 1 fully saturated rings. The van der Waals surface area contributed by atoms with Gasteiger partial charge in [-0.05, 0) is 77.4 Å². The van der Waals surface area contributed by atoms with Crippen LogP contribution >= 0.6 is 0 Å². The number of rotatable bonds is 5. The van der Waals surface area contributed by atoms with Crippen molar-refractivity contribution in [3.63, 3.8) is 0 Å². The molecule has 2 aliphatic rings. The van der Waals surface area contributed by atoms with E-state index < -0.39 is 0 Å². The summed E-state index contributed by atoms with van der Waals surface area (Å²) >= 11 is 0. The van der Waals surface area contributed by atoms with E-state index in [9.17, 15) is 9.59 Å². The monoisotopic (exact) mass is 438 g/mol. The summed E-state index contributed by atoms with van der Waals surface area (Å²) in [5.41, 5.74) is 5.11. The summed E-state index contributed by atoms with van der Waals surface area (Å²) in [7, 11) is 0. The molecule has 0 saturated carbocycles. The third kappa shape index (κ3) is 4.27. The summed E-state index contributed by atoms with van der Waals surface area (Å²) in [6.07, 6.45) is 3.13. The Hall–Kier alpha value is -3.86. The number of hydrogen-bond donors (Lipinski definition) is 1. The molecule has 166 valence electrons. The van der Waals surface area contributed by atoms with Gasteiger partial charge in [0.25, 0.3) is 5.91 Å². The third-order valence-electron chi connectivity index (χ3n) is 6.54.